The SMILES string of the molecule is CSc1ccc(-c2cnn(-c3ccc(F)cc3)c(=O)c2)cc1C. The van der Waals surface area contributed by atoms with Gasteiger partial charge in [0, 0.05) is 16.5 Å². The molecule has 116 valence electrons. The molecule has 0 aliphatic rings. The molecule has 5 heteroatoms. The summed E-state index contributed by atoms with van der Waals surface area (Å²) in [6.07, 6.45) is 3.69. The maximum Gasteiger partial charge on any atom is 0.272 e. The van der Waals surface area contributed by atoms with E-state index in [1.54, 1.807) is 24.0 Å². The summed E-state index contributed by atoms with van der Waals surface area (Å²) < 4.78 is 14.2. The van der Waals surface area contributed by atoms with Gasteiger partial charge in [-0.2, -0.15) is 9.78 Å². The lowest BCUT2D eigenvalue weighted by molar-refractivity contribution is 0.626. The minimum absolute atomic E-state index is 0.249. The maximum absolute atomic E-state index is 13.0. The van der Waals surface area contributed by atoms with Crippen LogP contribution in [0.5, 0.6) is 0 Å². The van der Waals surface area contributed by atoms with E-state index in [0.29, 0.717) is 5.69 Å². The number of halogens is 1. The van der Waals surface area contributed by atoms with E-state index in [1.165, 1.54) is 33.8 Å². The summed E-state index contributed by atoms with van der Waals surface area (Å²) in [5.74, 6) is -0.345. The highest BCUT2D eigenvalue weighted by molar-refractivity contribution is 7.98. The number of rotatable bonds is 3. The Morgan fingerprint density at radius 1 is 1.04 bits per heavy atom. The van der Waals surface area contributed by atoms with Crippen LogP contribution in [0.25, 0.3) is 16.8 Å². The van der Waals surface area contributed by atoms with Gasteiger partial charge in [0.25, 0.3) is 5.56 Å². The Morgan fingerprint density at radius 3 is 2.39 bits per heavy atom. The fraction of sp³-hybridized carbons (Fsp3) is 0.111. The quantitative estimate of drug-likeness (QED) is 0.681. The molecule has 0 unspecified atom stereocenters. The van der Waals surface area contributed by atoms with Gasteiger partial charge in [-0.1, -0.05) is 12.1 Å². The van der Waals surface area contributed by atoms with Crippen LogP contribution < -0.4 is 5.56 Å². The van der Waals surface area contributed by atoms with E-state index in [-0.39, 0.29) is 11.4 Å². The van der Waals surface area contributed by atoms with Crippen LogP contribution >= 0.6 is 11.8 Å². The molecular weight excluding hydrogens is 311 g/mol. The molecule has 0 radical (unpaired) electrons. The fourth-order valence-corrected chi connectivity index (χ4v) is 2.99. The molecule has 3 aromatic rings. The zero-order chi connectivity index (χ0) is 16.4. The van der Waals surface area contributed by atoms with Crippen LogP contribution in [0.1, 0.15) is 5.56 Å². The van der Waals surface area contributed by atoms with Crippen LogP contribution in [-0.2, 0) is 0 Å². The van der Waals surface area contributed by atoms with Gasteiger partial charge in [-0.25, -0.2) is 4.39 Å². The Balaban J connectivity index is 2.01. The fourth-order valence-electron chi connectivity index (χ4n) is 2.40. The first-order valence-electron chi connectivity index (χ1n) is 7.09. The maximum atomic E-state index is 13.0. The number of aromatic nitrogens is 2. The van der Waals surface area contributed by atoms with E-state index in [9.17, 15) is 9.18 Å². The normalized spacial score (nSPS) is 10.7. The first-order valence-corrected chi connectivity index (χ1v) is 8.31. The van der Waals surface area contributed by atoms with Gasteiger partial charge >= 0.3 is 0 Å². The summed E-state index contributed by atoms with van der Waals surface area (Å²) in [7, 11) is 0. The standard InChI is InChI=1S/C18H15FN2OS/c1-12-9-13(3-8-17(12)23-2)14-10-18(22)21(20-11-14)16-6-4-15(19)5-7-16/h3-11H,1-2H3. The van der Waals surface area contributed by atoms with Crippen LogP contribution in [0, 0.1) is 12.7 Å². The summed E-state index contributed by atoms with van der Waals surface area (Å²) in [5, 5.41) is 4.20. The van der Waals surface area contributed by atoms with Crippen LogP contribution in [0.3, 0.4) is 0 Å². The average Bonchev–Trinajstić information content (AvgIpc) is 2.55. The second kappa shape index (κ2) is 6.38. The molecule has 0 spiro atoms. The monoisotopic (exact) mass is 326 g/mol. The van der Waals surface area contributed by atoms with Crippen LogP contribution in [-0.4, -0.2) is 16.0 Å². The third kappa shape index (κ3) is 3.19. The van der Waals surface area contributed by atoms with Crippen molar-refractivity contribution in [2.75, 3.05) is 6.26 Å². The van der Waals surface area contributed by atoms with Gasteiger partial charge in [0.15, 0.2) is 0 Å². The van der Waals surface area contributed by atoms with Crippen molar-refractivity contribution in [3.63, 3.8) is 0 Å². The summed E-state index contributed by atoms with van der Waals surface area (Å²) in [4.78, 5) is 13.5. The summed E-state index contributed by atoms with van der Waals surface area (Å²) in [6.45, 7) is 2.04. The zero-order valence-corrected chi connectivity index (χ0v) is 13.6. The van der Waals surface area contributed by atoms with Crippen molar-refractivity contribution < 1.29 is 4.39 Å². The van der Waals surface area contributed by atoms with Gasteiger partial charge in [-0.15, -0.1) is 11.8 Å². The smallest absolute Gasteiger partial charge is 0.267 e. The average molecular weight is 326 g/mol. The highest BCUT2D eigenvalue weighted by Crippen LogP contribution is 2.25. The molecule has 1 heterocycles. The van der Waals surface area contributed by atoms with E-state index in [1.807, 2.05) is 31.4 Å². The summed E-state index contributed by atoms with van der Waals surface area (Å²) in [5.41, 5.74) is 3.18. The molecule has 23 heavy (non-hydrogen) atoms. The predicted molar refractivity (Wildman–Crippen MR) is 91.7 cm³/mol. The van der Waals surface area contributed by atoms with Crippen LogP contribution in [0.2, 0.25) is 0 Å². The van der Waals surface area contributed by atoms with E-state index in [0.717, 1.165) is 16.7 Å². The van der Waals surface area contributed by atoms with Crippen molar-refractivity contribution in [1.82, 2.24) is 9.78 Å². The number of benzene rings is 2. The van der Waals surface area contributed by atoms with Gasteiger partial charge in [0.2, 0.25) is 0 Å². The zero-order valence-electron chi connectivity index (χ0n) is 12.8. The molecule has 2 aromatic carbocycles. The van der Waals surface area contributed by atoms with Gasteiger partial charge in [0.05, 0.1) is 11.9 Å². The predicted octanol–water partition coefficient (Wildman–Crippen LogP) is 4.07. The Bertz CT molecular complexity index is 904. The van der Waals surface area contributed by atoms with Gasteiger partial charge in [-0.3, -0.25) is 4.79 Å². The first kappa shape index (κ1) is 15.5. The second-order valence-electron chi connectivity index (χ2n) is 5.16. The Kier molecular flexibility index (Phi) is 4.30. The Morgan fingerprint density at radius 2 is 1.78 bits per heavy atom. The molecule has 0 atom stereocenters. The van der Waals surface area contributed by atoms with E-state index in [4.69, 9.17) is 0 Å². The number of thioether (sulfide) groups is 1. The van der Waals surface area contributed by atoms with E-state index < -0.39 is 0 Å². The lowest BCUT2D eigenvalue weighted by atomic mass is 10.1. The highest BCUT2D eigenvalue weighted by atomic mass is 32.2. The number of hydrogen-bond acceptors (Lipinski definition) is 3. The van der Waals surface area contributed by atoms with Crippen LogP contribution in [0.4, 0.5) is 4.39 Å². The van der Waals surface area contributed by atoms with Crippen molar-refractivity contribution in [2.24, 2.45) is 0 Å². The molecule has 0 bridgehead atoms. The second-order valence-corrected chi connectivity index (χ2v) is 6.00. The lowest BCUT2D eigenvalue weighted by Gasteiger charge is -2.08. The molecule has 0 aliphatic heterocycles. The molecule has 0 saturated carbocycles. The van der Waals surface area contributed by atoms with Crippen molar-refractivity contribution in [3.05, 3.63) is 76.5 Å². The minimum atomic E-state index is -0.345. The molecule has 0 N–H and O–H groups in total. The molecule has 0 fully saturated rings. The van der Waals surface area contributed by atoms with Gasteiger partial charge in [0.1, 0.15) is 5.82 Å². The Hall–Kier alpha value is -2.40. The van der Waals surface area contributed by atoms with E-state index >= 15 is 0 Å². The van der Waals surface area contributed by atoms with Crippen molar-refractivity contribution in [2.45, 2.75) is 11.8 Å². The minimum Gasteiger partial charge on any atom is -0.267 e. The third-order valence-electron chi connectivity index (χ3n) is 3.60. The number of nitrogens with zero attached hydrogens (tertiary/aromatic N) is 2. The van der Waals surface area contributed by atoms with E-state index in [2.05, 4.69) is 5.10 Å². The van der Waals surface area contributed by atoms with Crippen LogP contribution in [0.15, 0.2) is 64.4 Å². The van der Waals surface area contributed by atoms with Crippen molar-refractivity contribution in [3.8, 4) is 16.8 Å². The summed E-state index contributed by atoms with van der Waals surface area (Å²) in [6, 6.07) is 13.3. The topological polar surface area (TPSA) is 34.9 Å². The number of aryl methyl sites for hydroxylation is 1. The van der Waals surface area contributed by atoms with Crippen molar-refractivity contribution >= 4 is 11.8 Å². The molecule has 0 saturated heterocycles. The molecule has 1 aromatic heterocycles. The first-order chi connectivity index (χ1) is 11.1. The molecular formula is C18H15FN2OS. The highest BCUT2D eigenvalue weighted by Gasteiger charge is 2.06. The lowest BCUT2D eigenvalue weighted by Crippen LogP contribution is -2.20. The summed E-state index contributed by atoms with van der Waals surface area (Å²) >= 11 is 1.69. The molecule has 0 amide bonds. The van der Waals surface area contributed by atoms with Crippen molar-refractivity contribution in [1.29, 1.82) is 0 Å². The van der Waals surface area contributed by atoms with Gasteiger partial charge < -0.3 is 0 Å². The third-order valence-corrected chi connectivity index (χ3v) is 4.50. The molecule has 0 aliphatic carbocycles. The Labute approximate surface area is 137 Å². The van der Waals surface area contributed by atoms with Gasteiger partial charge in [-0.05, 0) is 54.6 Å². The number of hydrogen-bond donors (Lipinski definition) is 0. The molecule has 3 rings (SSSR count). The largest absolute Gasteiger partial charge is 0.272 e. The molecule has 3 nitrogen and oxygen atoms in total.